The van der Waals surface area contributed by atoms with Crippen molar-refractivity contribution < 1.29 is 9.90 Å². The third-order valence-corrected chi connectivity index (χ3v) is 3.60. The molecule has 5 heteroatoms. The van der Waals surface area contributed by atoms with Crippen LogP contribution in [0.5, 0.6) is 0 Å². The first-order chi connectivity index (χ1) is 9.49. The molecule has 1 aromatic heterocycles. The van der Waals surface area contributed by atoms with Crippen LogP contribution in [0.15, 0.2) is 36.4 Å². The smallest absolute Gasteiger partial charge is 0.326 e. The summed E-state index contributed by atoms with van der Waals surface area (Å²) >= 11 is 0. The molecule has 0 aliphatic heterocycles. The summed E-state index contributed by atoms with van der Waals surface area (Å²) in [4.78, 5) is 11.3. The largest absolute Gasteiger partial charge is 0.480 e. The minimum Gasteiger partial charge on any atom is -0.480 e. The van der Waals surface area contributed by atoms with Gasteiger partial charge in [0.1, 0.15) is 6.04 Å². The fourth-order valence-electron chi connectivity index (χ4n) is 2.62. The van der Waals surface area contributed by atoms with E-state index < -0.39 is 12.0 Å². The molecule has 5 nitrogen and oxygen atoms in total. The number of anilines is 2. The molecule has 1 heterocycles. The number of hydrogen-bond donors (Lipinski definition) is 3. The molecule has 0 saturated heterocycles. The van der Waals surface area contributed by atoms with Gasteiger partial charge in [0.25, 0.3) is 0 Å². The van der Waals surface area contributed by atoms with E-state index in [9.17, 15) is 9.90 Å². The third-order valence-electron chi connectivity index (χ3n) is 3.60. The van der Waals surface area contributed by atoms with Gasteiger partial charge in [-0.1, -0.05) is 0 Å². The van der Waals surface area contributed by atoms with E-state index in [1.165, 1.54) is 0 Å². The van der Waals surface area contributed by atoms with Crippen LogP contribution >= 0.6 is 0 Å². The molecule has 1 atom stereocenters. The Hall–Kier alpha value is -2.69. The van der Waals surface area contributed by atoms with Crippen LogP contribution in [0.1, 0.15) is 13.0 Å². The van der Waals surface area contributed by atoms with Crippen molar-refractivity contribution in [2.75, 3.05) is 11.5 Å². The van der Waals surface area contributed by atoms with Gasteiger partial charge in [-0.2, -0.15) is 0 Å². The summed E-state index contributed by atoms with van der Waals surface area (Å²) in [6.07, 6.45) is 0. The molecular formula is C15H15N3O2. The van der Waals surface area contributed by atoms with Gasteiger partial charge in [0, 0.05) is 22.1 Å². The summed E-state index contributed by atoms with van der Waals surface area (Å²) in [5.41, 5.74) is 14.6. The first-order valence-electron chi connectivity index (χ1n) is 6.30. The quantitative estimate of drug-likeness (QED) is 0.623. The Labute approximate surface area is 115 Å². The zero-order chi connectivity index (χ0) is 14.4. The van der Waals surface area contributed by atoms with Crippen LogP contribution in [-0.2, 0) is 4.79 Å². The molecule has 0 aliphatic rings. The summed E-state index contributed by atoms with van der Waals surface area (Å²) < 4.78 is 1.80. The molecule has 0 bridgehead atoms. The SMILES string of the molecule is CC(C(=O)O)n1c2ccc(N)cc2c2cc(N)ccc21. The van der Waals surface area contributed by atoms with Crippen molar-refractivity contribution in [2.45, 2.75) is 13.0 Å². The molecule has 0 radical (unpaired) electrons. The van der Waals surface area contributed by atoms with E-state index in [-0.39, 0.29) is 0 Å². The summed E-state index contributed by atoms with van der Waals surface area (Å²) in [6.45, 7) is 1.66. The fourth-order valence-corrected chi connectivity index (χ4v) is 2.62. The van der Waals surface area contributed by atoms with E-state index in [1.807, 2.05) is 24.3 Å². The molecule has 0 saturated carbocycles. The number of aliphatic carboxylic acids is 1. The van der Waals surface area contributed by atoms with Crippen molar-refractivity contribution in [1.82, 2.24) is 4.57 Å². The highest BCUT2D eigenvalue weighted by atomic mass is 16.4. The van der Waals surface area contributed by atoms with Gasteiger partial charge in [-0.25, -0.2) is 4.79 Å². The van der Waals surface area contributed by atoms with E-state index in [1.54, 1.807) is 23.6 Å². The van der Waals surface area contributed by atoms with Crippen LogP contribution in [0.4, 0.5) is 11.4 Å². The monoisotopic (exact) mass is 269 g/mol. The summed E-state index contributed by atoms with van der Waals surface area (Å²) in [5.74, 6) is -0.877. The Morgan fingerprint density at radius 2 is 1.50 bits per heavy atom. The predicted molar refractivity (Wildman–Crippen MR) is 80.6 cm³/mol. The molecule has 3 rings (SSSR count). The Balaban J connectivity index is 2.50. The lowest BCUT2D eigenvalue weighted by Crippen LogP contribution is -2.15. The second kappa shape index (κ2) is 4.16. The number of benzene rings is 2. The molecule has 102 valence electrons. The molecule has 0 spiro atoms. The van der Waals surface area contributed by atoms with E-state index in [0.717, 1.165) is 21.8 Å². The number of rotatable bonds is 2. The second-order valence-corrected chi connectivity index (χ2v) is 4.94. The van der Waals surface area contributed by atoms with E-state index in [4.69, 9.17) is 11.5 Å². The highest BCUT2D eigenvalue weighted by molar-refractivity contribution is 6.10. The Morgan fingerprint density at radius 3 is 1.90 bits per heavy atom. The van der Waals surface area contributed by atoms with E-state index in [2.05, 4.69) is 0 Å². The lowest BCUT2D eigenvalue weighted by molar-refractivity contribution is -0.140. The van der Waals surface area contributed by atoms with Crippen molar-refractivity contribution in [1.29, 1.82) is 0 Å². The molecule has 0 fully saturated rings. The van der Waals surface area contributed by atoms with Crippen LogP contribution in [-0.4, -0.2) is 15.6 Å². The van der Waals surface area contributed by atoms with Crippen LogP contribution < -0.4 is 11.5 Å². The van der Waals surface area contributed by atoms with Crippen molar-refractivity contribution in [3.63, 3.8) is 0 Å². The normalized spacial score (nSPS) is 12.8. The zero-order valence-electron chi connectivity index (χ0n) is 11.0. The van der Waals surface area contributed by atoms with Crippen LogP contribution in [0.25, 0.3) is 21.8 Å². The third kappa shape index (κ3) is 1.67. The average Bonchev–Trinajstić information content (AvgIpc) is 2.71. The number of nitrogen functional groups attached to an aromatic ring is 2. The first-order valence-corrected chi connectivity index (χ1v) is 6.30. The Bertz CT molecular complexity index is 777. The molecule has 0 aliphatic carbocycles. The maximum Gasteiger partial charge on any atom is 0.326 e. The van der Waals surface area contributed by atoms with Crippen LogP contribution in [0.2, 0.25) is 0 Å². The molecule has 3 aromatic rings. The molecule has 5 N–H and O–H groups in total. The summed E-state index contributed by atoms with van der Waals surface area (Å²) in [7, 11) is 0. The number of fused-ring (bicyclic) bond motifs is 3. The van der Waals surface area contributed by atoms with E-state index >= 15 is 0 Å². The van der Waals surface area contributed by atoms with Crippen molar-refractivity contribution in [2.24, 2.45) is 0 Å². The predicted octanol–water partition coefficient (Wildman–Crippen LogP) is 2.60. The minimum absolute atomic E-state index is 0.641. The highest BCUT2D eigenvalue weighted by Crippen LogP contribution is 2.34. The summed E-state index contributed by atoms with van der Waals surface area (Å²) in [6, 6.07) is 10.3. The van der Waals surface area contributed by atoms with Crippen LogP contribution in [0, 0.1) is 0 Å². The lowest BCUT2D eigenvalue weighted by Gasteiger charge is -2.12. The molecule has 1 unspecified atom stereocenters. The first kappa shape index (κ1) is 12.3. The number of aromatic nitrogens is 1. The molecule has 20 heavy (non-hydrogen) atoms. The number of carbonyl (C=O) groups is 1. The van der Waals surface area contributed by atoms with E-state index in [0.29, 0.717) is 11.4 Å². The minimum atomic E-state index is -0.877. The number of nitrogens with zero attached hydrogens (tertiary/aromatic N) is 1. The summed E-state index contributed by atoms with van der Waals surface area (Å²) in [5, 5.41) is 11.1. The molecule has 2 aromatic carbocycles. The lowest BCUT2D eigenvalue weighted by atomic mass is 10.1. The van der Waals surface area contributed by atoms with Gasteiger partial charge in [-0.05, 0) is 43.3 Å². The van der Waals surface area contributed by atoms with Gasteiger partial charge in [0.2, 0.25) is 0 Å². The molecular weight excluding hydrogens is 254 g/mol. The van der Waals surface area contributed by atoms with Gasteiger partial charge in [0.15, 0.2) is 0 Å². The van der Waals surface area contributed by atoms with Gasteiger partial charge >= 0.3 is 5.97 Å². The number of nitrogens with two attached hydrogens (primary N) is 2. The number of carboxylic acids is 1. The van der Waals surface area contributed by atoms with Crippen molar-refractivity contribution in [3.8, 4) is 0 Å². The highest BCUT2D eigenvalue weighted by Gasteiger charge is 2.20. The average molecular weight is 269 g/mol. The maximum absolute atomic E-state index is 11.3. The fraction of sp³-hybridized carbons (Fsp3) is 0.133. The maximum atomic E-state index is 11.3. The Kier molecular flexibility index (Phi) is 2.57. The Morgan fingerprint density at radius 1 is 1.05 bits per heavy atom. The van der Waals surface area contributed by atoms with Crippen molar-refractivity contribution in [3.05, 3.63) is 36.4 Å². The van der Waals surface area contributed by atoms with Crippen LogP contribution in [0.3, 0.4) is 0 Å². The van der Waals surface area contributed by atoms with Gasteiger partial charge < -0.3 is 21.1 Å². The zero-order valence-corrected chi connectivity index (χ0v) is 11.0. The van der Waals surface area contributed by atoms with Gasteiger partial charge in [-0.3, -0.25) is 0 Å². The van der Waals surface area contributed by atoms with Crippen molar-refractivity contribution >= 4 is 39.1 Å². The second-order valence-electron chi connectivity index (χ2n) is 4.94. The number of carboxylic acid groups (broad SMARTS) is 1. The number of hydrogen-bond acceptors (Lipinski definition) is 3. The molecule has 0 amide bonds. The standard InChI is InChI=1S/C15H15N3O2/c1-8(15(19)20)18-13-4-2-9(16)6-11(13)12-7-10(17)3-5-14(12)18/h2-8H,16-17H2,1H3,(H,19,20). The van der Waals surface area contributed by atoms with Gasteiger partial charge in [0.05, 0.1) is 11.0 Å². The van der Waals surface area contributed by atoms with Gasteiger partial charge in [-0.15, -0.1) is 0 Å². The topological polar surface area (TPSA) is 94.3 Å².